The Morgan fingerprint density at radius 1 is 1.15 bits per heavy atom. The molecule has 1 atom stereocenters. The molecule has 1 unspecified atom stereocenters. The van der Waals surface area contributed by atoms with Crippen molar-refractivity contribution in [2.45, 2.75) is 57.7 Å². The van der Waals surface area contributed by atoms with E-state index in [4.69, 9.17) is 4.74 Å². The van der Waals surface area contributed by atoms with Crippen LogP contribution in [0.3, 0.4) is 0 Å². The van der Waals surface area contributed by atoms with Crippen LogP contribution in [-0.2, 0) is 16.8 Å². The maximum absolute atomic E-state index is 12.9. The molecular formula is C26H25F3N2O2. The number of alkyl halides is 3. The molecule has 1 amide bonds. The molecule has 0 saturated heterocycles. The Hall–Kier alpha value is -3.27. The van der Waals surface area contributed by atoms with Crippen molar-refractivity contribution in [3.05, 3.63) is 69.8 Å². The van der Waals surface area contributed by atoms with Crippen molar-refractivity contribution in [1.82, 2.24) is 5.32 Å². The minimum atomic E-state index is -4.18. The number of hydrogen-bond donors (Lipinski definition) is 1. The first-order chi connectivity index (χ1) is 15.6. The summed E-state index contributed by atoms with van der Waals surface area (Å²) in [5.74, 6) is 0.148. The molecule has 7 heteroatoms. The minimum Gasteiger partial charge on any atom is -0.494 e. The predicted octanol–water partition coefficient (Wildman–Crippen LogP) is 5.66. The van der Waals surface area contributed by atoms with Crippen molar-refractivity contribution in [2.75, 3.05) is 6.61 Å². The Kier molecular flexibility index (Phi) is 5.96. The molecule has 1 spiro atoms. The number of nitrogens with one attached hydrogen (secondary N) is 1. The monoisotopic (exact) mass is 454 g/mol. The molecular weight excluding hydrogens is 429 g/mol. The second kappa shape index (κ2) is 8.58. The van der Waals surface area contributed by atoms with Crippen molar-refractivity contribution in [1.29, 1.82) is 5.26 Å². The van der Waals surface area contributed by atoms with Gasteiger partial charge in [-0.3, -0.25) is 4.79 Å². The molecule has 2 aromatic carbocycles. The summed E-state index contributed by atoms with van der Waals surface area (Å²) in [7, 11) is 0. The van der Waals surface area contributed by atoms with Crippen LogP contribution < -0.4 is 10.1 Å². The van der Waals surface area contributed by atoms with E-state index in [1.165, 1.54) is 0 Å². The Bertz CT molecular complexity index is 1180. The van der Waals surface area contributed by atoms with E-state index in [0.29, 0.717) is 25.0 Å². The lowest BCUT2D eigenvalue weighted by atomic mass is 9.78. The van der Waals surface area contributed by atoms with E-state index in [2.05, 4.69) is 11.4 Å². The second-order valence-electron chi connectivity index (χ2n) is 8.86. The highest BCUT2D eigenvalue weighted by atomic mass is 19.4. The van der Waals surface area contributed by atoms with Gasteiger partial charge >= 0.3 is 6.18 Å². The molecule has 4 rings (SSSR count). The van der Waals surface area contributed by atoms with E-state index >= 15 is 0 Å². The molecule has 2 aliphatic rings. The summed E-state index contributed by atoms with van der Waals surface area (Å²) in [6.45, 7) is 4.01. The van der Waals surface area contributed by atoms with Crippen LogP contribution in [0.25, 0.3) is 5.57 Å². The summed E-state index contributed by atoms with van der Waals surface area (Å²) in [6.07, 6.45) is -3.26. The van der Waals surface area contributed by atoms with Crippen LogP contribution in [0.4, 0.5) is 13.2 Å². The quantitative estimate of drug-likeness (QED) is 0.593. The van der Waals surface area contributed by atoms with Crippen molar-refractivity contribution in [2.24, 2.45) is 0 Å². The van der Waals surface area contributed by atoms with Crippen LogP contribution in [0.5, 0.6) is 5.75 Å². The maximum atomic E-state index is 12.9. The molecule has 1 heterocycles. The highest BCUT2D eigenvalue weighted by Crippen LogP contribution is 2.47. The zero-order valence-corrected chi connectivity index (χ0v) is 18.6. The zero-order chi connectivity index (χ0) is 23.8. The number of carbonyl (C=O) groups is 1. The molecule has 172 valence electrons. The summed E-state index contributed by atoms with van der Waals surface area (Å²) in [6, 6.07) is 13.5. The van der Waals surface area contributed by atoms with Crippen LogP contribution in [0, 0.1) is 25.2 Å². The maximum Gasteiger partial charge on any atom is 0.389 e. The number of halogens is 3. The number of carbonyl (C=O) groups excluding carboxylic acids is 1. The molecule has 33 heavy (non-hydrogen) atoms. The van der Waals surface area contributed by atoms with Gasteiger partial charge in [-0.1, -0.05) is 24.3 Å². The first kappa shape index (κ1) is 22.9. The molecule has 4 nitrogen and oxygen atoms in total. The van der Waals surface area contributed by atoms with Gasteiger partial charge in [0, 0.05) is 12.8 Å². The number of rotatable bonds is 5. The number of amides is 1. The Morgan fingerprint density at radius 2 is 1.94 bits per heavy atom. The Labute approximate surface area is 191 Å². The molecule has 1 aliphatic heterocycles. The van der Waals surface area contributed by atoms with E-state index in [1.807, 2.05) is 44.2 Å². The molecule has 0 aromatic heterocycles. The van der Waals surface area contributed by atoms with E-state index in [0.717, 1.165) is 33.4 Å². The van der Waals surface area contributed by atoms with Gasteiger partial charge in [-0.2, -0.15) is 18.4 Å². The molecule has 2 aromatic rings. The molecule has 1 aliphatic carbocycles. The topological polar surface area (TPSA) is 62.1 Å². The van der Waals surface area contributed by atoms with Crippen molar-refractivity contribution in [3.63, 3.8) is 0 Å². The van der Waals surface area contributed by atoms with Crippen LogP contribution in [0.1, 0.15) is 53.5 Å². The van der Waals surface area contributed by atoms with Gasteiger partial charge in [0.2, 0.25) is 0 Å². The number of benzene rings is 2. The first-order valence-electron chi connectivity index (χ1n) is 11.0. The van der Waals surface area contributed by atoms with Crippen LogP contribution >= 0.6 is 0 Å². The third kappa shape index (κ3) is 4.61. The lowest BCUT2D eigenvalue weighted by molar-refractivity contribution is -0.136. The standard InChI is InChI=1S/C26H25F3N2O2/c1-16-4-5-18(12-17(16)2)21-14-25(31-24(32)22(21)15-30)10-8-19-13-20(6-7-23(19)25)33-11-3-9-26(27,28)29/h4-7,12-13H,3,8-11,14H2,1-2H3,(H,31,32). The third-order valence-corrected chi connectivity index (χ3v) is 6.61. The van der Waals surface area contributed by atoms with Crippen LogP contribution in [0.2, 0.25) is 0 Å². The number of fused-ring (bicyclic) bond motifs is 2. The summed E-state index contributed by atoms with van der Waals surface area (Å²) >= 11 is 0. The highest BCUT2D eigenvalue weighted by molar-refractivity contribution is 6.07. The largest absolute Gasteiger partial charge is 0.494 e. The molecule has 1 N–H and O–H groups in total. The predicted molar refractivity (Wildman–Crippen MR) is 118 cm³/mol. The molecule has 0 bridgehead atoms. The van der Waals surface area contributed by atoms with Crippen LogP contribution in [0.15, 0.2) is 42.0 Å². The Balaban J connectivity index is 1.59. The lowest BCUT2D eigenvalue weighted by Gasteiger charge is -2.37. The van der Waals surface area contributed by atoms with E-state index in [9.17, 15) is 23.2 Å². The summed E-state index contributed by atoms with van der Waals surface area (Å²) in [5, 5.41) is 12.8. The fraction of sp³-hybridized carbons (Fsp3) is 0.385. The third-order valence-electron chi connectivity index (χ3n) is 6.61. The van der Waals surface area contributed by atoms with E-state index in [-0.39, 0.29) is 24.5 Å². The zero-order valence-electron chi connectivity index (χ0n) is 18.6. The molecule has 0 radical (unpaired) electrons. The van der Waals surface area contributed by atoms with Crippen molar-refractivity contribution >= 4 is 11.5 Å². The summed E-state index contributed by atoms with van der Waals surface area (Å²) in [5.41, 5.74) is 5.35. The summed E-state index contributed by atoms with van der Waals surface area (Å²) < 4.78 is 42.5. The second-order valence-corrected chi connectivity index (χ2v) is 8.86. The number of hydrogen-bond acceptors (Lipinski definition) is 3. The fourth-order valence-corrected chi connectivity index (χ4v) is 4.74. The van der Waals surface area contributed by atoms with Gasteiger partial charge < -0.3 is 10.1 Å². The van der Waals surface area contributed by atoms with E-state index in [1.54, 1.807) is 6.07 Å². The smallest absolute Gasteiger partial charge is 0.389 e. The molecule has 0 fully saturated rings. The van der Waals surface area contributed by atoms with Gasteiger partial charge in [0.05, 0.1) is 12.1 Å². The van der Waals surface area contributed by atoms with Crippen molar-refractivity contribution < 1.29 is 22.7 Å². The molecule has 0 saturated carbocycles. The number of nitrogens with zero attached hydrogens (tertiary/aromatic N) is 1. The Morgan fingerprint density at radius 3 is 2.64 bits per heavy atom. The van der Waals surface area contributed by atoms with Gasteiger partial charge in [0.25, 0.3) is 5.91 Å². The van der Waals surface area contributed by atoms with Gasteiger partial charge in [-0.25, -0.2) is 0 Å². The average molecular weight is 454 g/mol. The number of nitriles is 1. The van der Waals surface area contributed by atoms with Crippen LogP contribution in [-0.4, -0.2) is 18.7 Å². The van der Waals surface area contributed by atoms with E-state index < -0.39 is 18.1 Å². The SMILES string of the molecule is Cc1ccc(C2=C(C#N)C(=O)NC3(CCc4cc(OCCCC(F)(F)F)ccc43)C2)cc1C. The van der Waals surface area contributed by atoms with Gasteiger partial charge in [-0.05, 0) is 78.6 Å². The minimum absolute atomic E-state index is 0.00857. The highest BCUT2D eigenvalue weighted by Gasteiger charge is 2.45. The average Bonchev–Trinajstić information content (AvgIpc) is 3.09. The van der Waals surface area contributed by atoms with Gasteiger partial charge in [-0.15, -0.1) is 0 Å². The number of ether oxygens (including phenoxy) is 1. The first-order valence-corrected chi connectivity index (χ1v) is 11.0. The van der Waals surface area contributed by atoms with Gasteiger partial charge in [0.1, 0.15) is 17.4 Å². The number of aryl methyl sites for hydroxylation is 3. The lowest BCUT2D eigenvalue weighted by Crippen LogP contribution is -2.48. The normalized spacial score (nSPS) is 19.9. The summed E-state index contributed by atoms with van der Waals surface area (Å²) in [4.78, 5) is 12.9. The van der Waals surface area contributed by atoms with Crippen molar-refractivity contribution in [3.8, 4) is 11.8 Å². The van der Waals surface area contributed by atoms with Gasteiger partial charge in [0.15, 0.2) is 0 Å². The fourth-order valence-electron chi connectivity index (χ4n) is 4.74.